The van der Waals surface area contributed by atoms with Gasteiger partial charge in [0.05, 0.1) is 0 Å². The lowest BCUT2D eigenvalue weighted by Gasteiger charge is -2.09. The number of pyridine rings is 1. The van der Waals surface area contributed by atoms with Crippen LogP contribution in [0.2, 0.25) is 0 Å². The second-order valence-electron chi connectivity index (χ2n) is 5.16. The lowest BCUT2D eigenvalue weighted by molar-refractivity contribution is 0.0952. The van der Waals surface area contributed by atoms with Gasteiger partial charge in [0.15, 0.2) is 0 Å². The molecule has 4 heteroatoms. The standard InChI is InChI=1S/C17H20N2O2/c1-13-8-11-19(16(20)12-13)10-5-9-18-17(21)15-7-4-3-6-14(15)2/h3-4,6-8,11-12H,5,9-10H2,1-2H3,(H,18,21). The second kappa shape index (κ2) is 6.88. The van der Waals surface area contributed by atoms with Crippen molar-refractivity contribution in [2.45, 2.75) is 26.8 Å². The molecule has 0 aliphatic rings. The van der Waals surface area contributed by atoms with Gasteiger partial charge in [-0.05, 0) is 43.5 Å². The van der Waals surface area contributed by atoms with Gasteiger partial charge in [-0.3, -0.25) is 9.59 Å². The minimum Gasteiger partial charge on any atom is -0.352 e. The first-order chi connectivity index (χ1) is 10.1. The molecule has 0 saturated carbocycles. The van der Waals surface area contributed by atoms with Crippen LogP contribution < -0.4 is 10.9 Å². The van der Waals surface area contributed by atoms with Gasteiger partial charge in [0.25, 0.3) is 11.5 Å². The first-order valence-electron chi connectivity index (χ1n) is 7.09. The molecule has 0 aliphatic heterocycles. The van der Waals surface area contributed by atoms with Crippen LogP contribution in [0.3, 0.4) is 0 Å². The molecule has 4 nitrogen and oxygen atoms in total. The molecule has 21 heavy (non-hydrogen) atoms. The molecule has 0 atom stereocenters. The lowest BCUT2D eigenvalue weighted by atomic mass is 10.1. The average Bonchev–Trinajstić information content (AvgIpc) is 2.45. The molecule has 2 rings (SSSR count). The Morgan fingerprint density at radius 1 is 1.19 bits per heavy atom. The summed E-state index contributed by atoms with van der Waals surface area (Å²) in [5.41, 5.74) is 2.62. The number of benzene rings is 1. The highest BCUT2D eigenvalue weighted by Crippen LogP contribution is 2.06. The summed E-state index contributed by atoms with van der Waals surface area (Å²) < 4.78 is 1.66. The zero-order chi connectivity index (χ0) is 15.2. The van der Waals surface area contributed by atoms with Crippen molar-refractivity contribution in [3.05, 3.63) is 69.6 Å². The number of rotatable bonds is 5. The van der Waals surface area contributed by atoms with Crippen molar-refractivity contribution in [2.75, 3.05) is 6.54 Å². The molecule has 0 fully saturated rings. The molecule has 0 radical (unpaired) electrons. The Morgan fingerprint density at radius 3 is 2.67 bits per heavy atom. The summed E-state index contributed by atoms with van der Waals surface area (Å²) in [7, 11) is 0. The predicted molar refractivity (Wildman–Crippen MR) is 83.6 cm³/mol. The molecular weight excluding hydrogens is 264 g/mol. The molecule has 1 amide bonds. The summed E-state index contributed by atoms with van der Waals surface area (Å²) in [6.07, 6.45) is 2.52. The molecular formula is C17H20N2O2. The monoisotopic (exact) mass is 284 g/mol. The number of aromatic nitrogens is 1. The Labute approximate surface area is 124 Å². The van der Waals surface area contributed by atoms with E-state index in [0.29, 0.717) is 18.7 Å². The molecule has 1 heterocycles. The number of amides is 1. The van der Waals surface area contributed by atoms with Gasteiger partial charge in [-0.1, -0.05) is 18.2 Å². The molecule has 110 valence electrons. The first kappa shape index (κ1) is 15.0. The van der Waals surface area contributed by atoms with Gasteiger partial charge in [-0.15, -0.1) is 0 Å². The minimum atomic E-state index is -0.0654. The van der Waals surface area contributed by atoms with Crippen molar-refractivity contribution in [3.8, 4) is 0 Å². The van der Waals surface area contributed by atoms with E-state index in [1.807, 2.05) is 44.2 Å². The second-order valence-corrected chi connectivity index (χ2v) is 5.16. The molecule has 0 saturated heterocycles. The van der Waals surface area contributed by atoms with E-state index in [4.69, 9.17) is 0 Å². The van der Waals surface area contributed by atoms with E-state index in [1.54, 1.807) is 16.8 Å². The van der Waals surface area contributed by atoms with E-state index in [2.05, 4.69) is 5.32 Å². The maximum absolute atomic E-state index is 12.0. The topological polar surface area (TPSA) is 51.1 Å². The van der Waals surface area contributed by atoms with Gasteiger partial charge >= 0.3 is 0 Å². The van der Waals surface area contributed by atoms with E-state index in [0.717, 1.165) is 17.5 Å². The van der Waals surface area contributed by atoms with Crippen molar-refractivity contribution in [1.29, 1.82) is 0 Å². The van der Waals surface area contributed by atoms with Gasteiger partial charge in [0.1, 0.15) is 0 Å². The predicted octanol–water partition coefficient (Wildman–Crippen LogP) is 2.29. The third-order valence-electron chi connectivity index (χ3n) is 3.40. The van der Waals surface area contributed by atoms with Crippen LogP contribution in [0, 0.1) is 13.8 Å². The number of hydrogen-bond acceptors (Lipinski definition) is 2. The van der Waals surface area contributed by atoms with Crippen molar-refractivity contribution < 1.29 is 4.79 Å². The number of aryl methyl sites for hydroxylation is 3. The molecule has 1 aromatic heterocycles. The summed E-state index contributed by atoms with van der Waals surface area (Å²) in [6, 6.07) is 11.0. The molecule has 0 bridgehead atoms. The number of hydrogen-bond donors (Lipinski definition) is 1. The van der Waals surface area contributed by atoms with E-state index in [-0.39, 0.29) is 11.5 Å². The van der Waals surface area contributed by atoms with Gasteiger partial charge in [0.2, 0.25) is 0 Å². The minimum absolute atomic E-state index is 0.000213. The lowest BCUT2D eigenvalue weighted by Crippen LogP contribution is -2.27. The van der Waals surface area contributed by atoms with Crippen molar-refractivity contribution in [2.24, 2.45) is 0 Å². The highest BCUT2D eigenvalue weighted by Gasteiger charge is 2.06. The molecule has 1 N–H and O–H groups in total. The Kier molecular flexibility index (Phi) is 4.93. The van der Waals surface area contributed by atoms with Crippen LogP contribution in [0.4, 0.5) is 0 Å². The van der Waals surface area contributed by atoms with Crippen LogP contribution in [0.5, 0.6) is 0 Å². The van der Waals surface area contributed by atoms with Gasteiger partial charge in [0, 0.05) is 30.9 Å². The zero-order valence-corrected chi connectivity index (χ0v) is 12.4. The summed E-state index contributed by atoms with van der Waals surface area (Å²) in [6.45, 7) is 4.97. The third kappa shape index (κ3) is 4.05. The smallest absolute Gasteiger partial charge is 0.251 e. The van der Waals surface area contributed by atoms with Crippen LogP contribution in [0.25, 0.3) is 0 Å². The van der Waals surface area contributed by atoms with Gasteiger partial charge in [-0.25, -0.2) is 0 Å². The Morgan fingerprint density at radius 2 is 1.95 bits per heavy atom. The third-order valence-corrected chi connectivity index (χ3v) is 3.40. The average molecular weight is 284 g/mol. The maximum Gasteiger partial charge on any atom is 0.251 e. The van der Waals surface area contributed by atoms with Gasteiger partial charge < -0.3 is 9.88 Å². The maximum atomic E-state index is 12.0. The largest absolute Gasteiger partial charge is 0.352 e. The first-order valence-corrected chi connectivity index (χ1v) is 7.09. The fourth-order valence-corrected chi connectivity index (χ4v) is 2.17. The Balaban J connectivity index is 1.84. The van der Waals surface area contributed by atoms with Crippen LogP contribution in [0.1, 0.15) is 27.9 Å². The van der Waals surface area contributed by atoms with E-state index >= 15 is 0 Å². The summed E-state index contributed by atoms with van der Waals surface area (Å²) in [5.74, 6) is -0.0654. The molecule has 0 spiro atoms. The molecule has 0 unspecified atom stereocenters. The SMILES string of the molecule is Cc1ccn(CCCNC(=O)c2ccccc2C)c(=O)c1. The molecule has 1 aromatic carbocycles. The number of carbonyl (C=O) groups is 1. The van der Waals surface area contributed by atoms with E-state index < -0.39 is 0 Å². The van der Waals surface area contributed by atoms with Crippen molar-refractivity contribution in [1.82, 2.24) is 9.88 Å². The summed E-state index contributed by atoms with van der Waals surface area (Å²) in [4.78, 5) is 23.7. The fraction of sp³-hybridized carbons (Fsp3) is 0.294. The Hall–Kier alpha value is -2.36. The van der Waals surface area contributed by atoms with Crippen LogP contribution in [0.15, 0.2) is 47.4 Å². The van der Waals surface area contributed by atoms with E-state index in [9.17, 15) is 9.59 Å². The summed E-state index contributed by atoms with van der Waals surface area (Å²) in [5, 5.41) is 2.89. The molecule has 0 aliphatic carbocycles. The van der Waals surface area contributed by atoms with Crippen molar-refractivity contribution in [3.63, 3.8) is 0 Å². The molecule has 2 aromatic rings. The van der Waals surface area contributed by atoms with Crippen molar-refractivity contribution >= 4 is 5.91 Å². The number of nitrogens with zero attached hydrogens (tertiary/aromatic N) is 1. The quantitative estimate of drug-likeness (QED) is 0.856. The normalized spacial score (nSPS) is 10.4. The van der Waals surface area contributed by atoms with Crippen LogP contribution in [-0.4, -0.2) is 17.0 Å². The van der Waals surface area contributed by atoms with Gasteiger partial charge in [-0.2, -0.15) is 0 Å². The highest BCUT2D eigenvalue weighted by atomic mass is 16.1. The summed E-state index contributed by atoms with van der Waals surface area (Å²) >= 11 is 0. The van der Waals surface area contributed by atoms with E-state index in [1.165, 1.54) is 0 Å². The number of nitrogens with one attached hydrogen (secondary N) is 1. The van der Waals surface area contributed by atoms with Crippen LogP contribution in [-0.2, 0) is 6.54 Å². The zero-order valence-electron chi connectivity index (χ0n) is 12.4. The Bertz CT molecular complexity index is 689. The fourth-order valence-electron chi connectivity index (χ4n) is 2.17. The number of carbonyl (C=O) groups excluding carboxylic acids is 1. The van der Waals surface area contributed by atoms with Crippen LogP contribution >= 0.6 is 0 Å². The highest BCUT2D eigenvalue weighted by molar-refractivity contribution is 5.95.